The minimum Gasteiger partial charge on any atom is -0.368 e. The minimum atomic E-state index is 0.319. The van der Waals surface area contributed by atoms with Gasteiger partial charge in [-0.1, -0.05) is 6.07 Å². The summed E-state index contributed by atoms with van der Waals surface area (Å²) in [6.07, 6.45) is 4.36. The van der Waals surface area contributed by atoms with E-state index >= 15 is 0 Å². The summed E-state index contributed by atoms with van der Waals surface area (Å²) in [5.41, 5.74) is 10.3. The number of likely N-dealkylation sites (N-methyl/N-ethyl adjacent to an activating group) is 1. The number of benzene rings is 1. The van der Waals surface area contributed by atoms with Gasteiger partial charge >= 0.3 is 0 Å². The third-order valence-electron chi connectivity index (χ3n) is 5.35. The van der Waals surface area contributed by atoms with Gasteiger partial charge in [0, 0.05) is 42.6 Å². The van der Waals surface area contributed by atoms with Gasteiger partial charge in [-0.05, 0) is 50.6 Å². The van der Waals surface area contributed by atoms with Gasteiger partial charge in [-0.3, -0.25) is 4.90 Å². The lowest BCUT2D eigenvalue weighted by Gasteiger charge is -2.40. The summed E-state index contributed by atoms with van der Waals surface area (Å²) in [7, 11) is 2.27. The van der Waals surface area contributed by atoms with Crippen LogP contribution in [0.1, 0.15) is 18.4 Å². The Kier molecular flexibility index (Phi) is 3.45. The van der Waals surface area contributed by atoms with Gasteiger partial charge in [-0.2, -0.15) is 0 Å². The molecule has 23 heavy (non-hydrogen) atoms. The zero-order valence-corrected chi connectivity index (χ0v) is 13.7. The highest BCUT2D eigenvalue weighted by molar-refractivity contribution is 5.67. The van der Waals surface area contributed by atoms with Gasteiger partial charge in [0.25, 0.3) is 0 Å². The summed E-state index contributed by atoms with van der Waals surface area (Å²) in [5, 5.41) is 0. The predicted octanol–water partition coefficient (Wildman–Crippen LogP) is 2.32. The van der Waals surface area contributed by atoms with Crippen molar-refractivity contribution in [1.29, 1.82) is 0 Å². The van der Waals surface area contributed by atoms with Crippen molar-refractivity contribution in [3.05, 3.63) is 36.0 Å². The van der Waals surface area contributed by atoms with E-state index in [-0.39, 0.29) is 0 Å². The van der Waals surface area contributed by atoms with E-state index in [0.29, 0.717) is 18.0 Å². The number of piperazine rings is 1. The Morgan fingerprint density at radius 1 is 1.13 bits per heavy atom. The van der Waals surface area contributed by atoms with Crippen molar-refractivity contribution in [2.24, 2.45) is 0 Å². The minimum absolute atomic E-state index is 0.319. The second-order valence-corrected chi connectivity index (χ2v) is 6.76. The molecule has 2 unspecified atom stereocenters. The molecule has 2 aromatic rings. The average Bonchev–Trinajstić information content (AvgIpc) is 2.75. The monoisotopic (exact) mass is 309 g/mol. The SMILES string of the molecule is Cc1cc(-c2ccnc(N)n2)ccc1N1CC2CCC(C1)N2C. The number of hydrogen-bond donors (Lipinski definition) is 1. The molecule has 0 aliphatic carbocycles. The smallest absolute Gasteiger partial charge is 0.220 e. The molecule has 2 fully saturated rings. The fraction of sp³-hybridized carbons (Fsp3) is 0.444. The van der Waals surface area contributed by atoms with Crippen molar-refractivity contribution < 1.29 is 0 Å². The lowest BCUT2D eigenvalue weighted by molar-refractivity contribution is 0.212. The number of rotatable bonds is 2. The summed E-state index contributed by atoms with van der Waals surface area (Å²) in [4.78, 5) is 13.4. The van der Waals surface area contributed by atoms with Crippen LogP contribution in [0.5, 0.6) is 0 Å². The first-order valence-electron chi connectivity index (χ1n) is 8.28. The number of nitrogens with two attached hydrogens (primary N) is 1. The number of aryl methyl sites for hydroxylation is 1. The Bertz CT molecular complexity index is 715. The van der Waals surface area contributed by atoms with Crippen LogP contribution in [0.3, 0.4) is 0 Å². The fourth-order valence-electron chi connectivity index (χ4n) is 4.01. The number of fused-ring (bicyclic) bond motifs is 2. The number of nitrogens with zero attached hydrogens (tertiary/aromatic N) is 4. The number of hydrogen-bond acceptors (Lipinski definition) is 5. The molecule has 3 heterocycles. The van der Waals surface area contributed by atoms with Crippen molar-refractivity contribution >= 4 is 11.6 Å². The maximum absolute atomic E-state index is 5.70. The van der Waals surface area contributed by atoms with E-state index in [1.54, 1.807) is 6.20 Å². The average molecular weight is 309 g/mol. The molecule has 0 spiro atoms. The highest BCUT2D eigenvalue weighted by Crippen LogP contribution is 2.33. The van der Waals surface area contributed by atoms with Gasteiger partial charge in [0.1, 0.15) is 0 Å². The molecule has 2 N–H and O–H groups in total. The van der Waals surface area contributed by atoms with Crippen LogP contribution in [0.2, 0.25) is 0 Å². The summed E-state index contributed by atoms with van der Waals surface area (Å²) >= 11 is 0. The maximum Gasteiger partial charge on any atom is 0.220 e. The van der Waals surface area contributed by atoms with Gasteiger partial charge < -0.3 is 10.6 Å². The molecule has 0 radical (unpaired) electrons. The number of nitrogen functional groups attached to an aromatic ring is 1. The first kappa shape index (κ1) is 14.5. The Morgan fingerprint density at radius 2 is 1.87 bits per heavy atom. The zero-order valence-electron chi connectivity index (χ0n) is 13.7. The highest BCUT2D eigenvalue weighted by Gasteiger charge is 2.37. The first-order valence-corrected chi connectivity index (χ1v) is 8.28. The molecule has 5 nitrogen and oxygen atoms in total. The second kappa shape index (κ2) is 5.49. The van der Waals surface area contributed by atoms with E-state index in [1.165, 1.54) is 24.1 Å². The van der Waals surface area contributed by atoms with Crippen molar-refractivity contribution in [3.8, 4) is 11.3 Å². The molecule has 1 aromatic heterocycles. The van der Waals surface area contributed by atoms with E-state index in [0.717, 1.165) is 24.3 Å². The Hall–Kier alpha value is -2.14. The molecule has 2 saturated heterocycles. The summed E-state index contributed by atoms with van der Waals surface area (Å²) < 4.78 is 0. The van der Waals surface area contributed by atoms with Crippen LogP contribution < -0.4 is 10.6 Å². The summed E-state index contributed by atoms with van der Waals surface area (Å²) in [6, 6.07) is 9.89. The molecule has 2 aliphatic rings. The maximum atomic E-state index is 5.70. The van der Waals surface area contributed by atoms with Crippen LogP contribution in [0.25, 0.3) is 11.3 Å². The predicted molar refractivity (Wildman–Crippen MR) is 93.4 cm³/mol. The summed E-state index contributed by atoms with van der Waals surface area (Å²) in [6.45, 7) is 4.45. The molecular formula is C18H23N5. The molecular weight excluding hydrogens is 286 g/mol. The molecule has 5 heteroatoms. The second-order valence-electron chi connectivity index (χ2n) is 6.76. The molecule has 0 saturated carbocycles. The van der Waals surface area contributed by atoms with Crippen LogP contribution in [-0.4, -0.2) is 47.1 Å². The van der Waals surface area contributed by atoms with Gasteiger partial charge in [-0.15, -0.1) is 0 Å². The van der Waals surface area contributed by atoms with E-state index in [9.17, 15) is 0 Å². The molecule has 1 aromatic carbocycles. The third kappa shape index (κ3) is 2.55. The Morgan fingerprint density at radius 3 is 2.52 bits per heavy atom. The number of aromatic nitrogens is 2. The number of anilines is 2. The van der Waals surface area contributed by atoms with E-state index in [4.69, 9.17) is 5.73 Å². The van der Waals surface area contributed by atoms with E-state index < -0.39 is 0 Å². The third-order valence-corrected chi connectivity index (χ3v) is 5.35. The van der Waals surface area contributed by atoms with Gasteiger partial charge in [-0.25, -0.2) is 9.97 Å². The molecule has 0 amide bonds. The van der Waals surface area contributed by atoms with E-state index in [2.05, 4.69) is 51.9 Å². The first-order chi connectivity index (χ1) is 11.1. The van der Waals surface area contributed by atoms with Crippen molar-refractivity contribution in [1.82, 2.24) is 14.9 Å². The topological polar surface area (TPSA) is 58.3 Å². The van der Waals surface area contributed by atoms with Crippen LogP contribution in [-0.2, 0) is 0 Å². The van der Waals surface area contributed by atoms with Gasteiger partial charge in [0.2, 0.25) is 5.95 Å². The standard InChI is InChI=1S/C18H23N5/c1-12-9-13(16-7-8-20-18(19)21-16)3-6-17(12)23-10-14-4-5-15(11-23)22(14)2/h3,6-9,14-15H,4-5,10-11H2,1-2H3,(H2,19,20,21). The zero-order chi connectivity index (χ0) is 16.0. The molecule has 2 aliphatic heterocycles. The Balaban J connectivity index is 1.62. The van der Waals surface area contributed by atoms with Crippen LogP contribution in [0.4, 0.5) is 11.6 Å². The fourth-order valence-corrected chi connectivity index (χ4v) is 4.01. The van der Waals surface area contributed by atoms with Crippen LogP contribution in [0.15, 0.2) is 30.5 Å². The van der Waals surface area contributed by atoms with E-state index in [1.807, 2.05) is 6.07 Å². The molecule has 120 valence electrons. The van der Waals surface area contributed by atoms with Gasteiger partial charge in [0.15, 0.2) is 0 Å². The summed E-state index contributed by atoms with van der Waals surface area (Å²) in [5.74, 6) is 0.319. The van der Waals surface area contributed by atoms with Crippen LogP contribution in [0, 0.1) is 6.92 Å². The van der Waals surface area contributed by atoms with Crippen LogP contribution >= 0.6 is 0 Å². The normalized spacial score (nSPS) is 24.2. The van der Waals surface area contributed by atoms with Crippen molar-refractivity contribution in [3.63, 3.8) is 0 Å². The molecule has 4 rings (SSSR count). The molecule has 2 bridgehead atoms. The van der Waals surface area contributed by atoms with Crippen molar-refractivity contribution in [2.45, 2.75) is 31.8 Å². The lowest BCUT2D eigenvalue weighted by atomic mass is 10.0. The Labute approximate surface area is 137 Å². The lowest BCUT2D eigenvalue weighted by Crippen LogP contribution is -2.52. The van der Waals surface area contributed by atoms with Crippen molar-refractivity contribution in [2.75, 3.05) is 30.8 Å². The molecule has 2 atom stereocenters. The largest absolute Gasteiger partial charge is 0.368 e. The van der Waals surface area contributed by atoms with Gasteiger partial charge in [0.05, 0.1) is 5.69 Å². The quantitative estimate of drug-likeness (QED) is 0.922. The highest BCUT2D eigenvalue weighted by atomic mass is 15.3.